The van der Waals surface area contributed by atoms with Crippen LogP contribution < -0.4 is 19.3 Å². The van der Waals surface area contributed by atoms with E-state index in [2.05, 4.69) is 46.2 Å². The summed E-state index contributed by atoms with van der Waals surface area (Å²) in [6, 6.07) is 36.1. The first kappa shape index (κ1) is 24.4. The van der Waals surface area contributed by atoms with Crippen molar-refractivity contribution in [3.63, 3.8) is 0 Å². The minimum absolute atomic E-state index is 0.246. The van der Waals surface area contributed by atoms with Gasteiger partial charge in [-0.1, -0.05) is 60.7 Å². The van der Waals surface area contributed by atoms with Crippen molar-refractivity contribution in [3.8, 4) is 11.5 Å². The molecule has 5 nitrogen and oxygen atoms in total. The third-order valence-corrected chi connectivity index (χ3v) is 6.80. The first-order valence-electron chi connectivity index (χ1n) is 12.8. The highest BCUT2D eigenvalue weighted by Crippen LogP contribution is 2.26. The molecule has 1 fully saturated rings. The zero-order valence-electron chi connectivity index (χ0n) is 21.1. The molecule has 5 heteroatoms. The molecule has 0 saturated carbocycles. The zero-order valence-corrected chi connectivity index (χ0v) is 21.1. The molecule has 5 rings (SSSR count). The van der Waals surface area contributed by atoms with Crippen molar-refractivity contribution in [2.24, 2.45) is 0 Å². The van der Waals surface area contributed by atoms with Gasteiger partial charge in [-0.2, -0.15) is 0 Å². The number of hydrogen-bond donors (Lipinski definition) is 0. The van der Waals surface area contributed by atoms with E-state index in [4.69, 9.17) is 9.47 Å². The van der Waals surface area contributed by atoms with Crippen LogP contribution in [0.2, 0.25) is 0 Å². The van der Waals surface area contributed by atoms with E-state index in [-0.39, 0.29) is 11.9 Å². The van der Waals surface area contributed by atoms with Gasteiger partial charge in [-0.05, 0) is 66.6 Å². The summed E-state index contributed by atoms with van der Waals surface area (Å²) in [6.07, 6.45) is 0. The van der Waals surface area contributed by atoms with Crippen LogP contribution in [0.3, 0.4) is 0 Å². The average Bonchev–Trinajstić information content (AvgIpc) is 2.97. The van der Waals surface area contributed by atoms with Crippen LogP contribution in [0.5, 0.6) is 11.5 Å². The van der Waals surface area contributed by atoms with Gasteiger partial charge in [-0.15, -0.1) is 0 Å². The van der Waals surface area contributed by atoms with Crippen LogP contribution in [-0.4, -0.2) is 32.1 Å². The van der Waals surface area contributed by atoms with Gasteiger partial charge in [0, 0.05) is 37.6 Å². The zero-order chi connectivity index (χ0) is 25.5. The fourth-order valence-electron chi connectivity index (χ4n) is 4.52. The Morgan fingerprint density at radius 1 is 0.676 bits per heavy atom. The molecule has 0 spiro atoms. The lowest BCUT2D eigenvalue weighted by Gasteiger charge is -2.37. The summed E-state index contributed by atoms with van der Waals surface area (Å²) in [5, 5.41) is 0. The molecule has 37 heavy (non-hydrogen) atoms. The van der Waals surface area contributed by atoms with Gasteiger partial charge in [-0.25, -0.2) is 0 Å². The Labute approximate surface area is 218 Å². The number of nitrogens with zero attached hydrogens (tertiary/aromatic N) is 2. The fourth-order valence-corrected chi connectivity index (χ4v) is 4.52. The van der Waals surface area contributed by atoms with E-state index < -0.39 is 0 Å². The van der Waals surface area contributed by atoms with Crippen LogP contribution in [-0.2, 0) is 11.4 Å². The number of ether oxygens (including phenoxy) is 2. The molecule has 1 heterocycles. The normalized spacial score (nSPS) is 14.2. The molecular weight excluding hydrogens is 460 g/mol. The summed E-state index contributed by atoms with van der Waals surface area (Å²) in [4.78, 5) is 17.4. The standard InChI is InChI=1S/C32H32N2O3/c1-25(32(35)37-31-10-6-3-7-11-31)27-12-14-28(15-13-27)33-20-22-34(23-21-33)29-16-18-30(19-17-29)36-24-26-8-4-2-5-9-26/h2-19,25H,20-24H2,1H3. The molecule has 0 radical (unpaired) electrons. The van der Waals surface area contributed by atoms with E-state index in [0.717, 1.165) is 43.1 Å². The molecule has 188 valence electrons. The Kier molecular flexibility index (Phi) is 7.70. The van der Waals surface area contributed by atoms with E-state index >= 15 is 0 Å². The number of piperazine rings is 1. The highest BCUT2D eigenvalue weighted by molar-refractivity contribution is 5.80. The van der Waals surface area contributed by atoms with Crippen LogP contribution in [0.15, 0.2) is 109 Å². The van der Waals surface area contributed by atoms with Crippen molar-refractivity contribution in [2.75, 3.05) is 36.0 Å². The lowest BCUT2D eigenvalue weighted by Crippen LogP contribution is -2.46. The van der Waals surface area contributed by atoms with Crippen LogP contribution in [0.25, 0.3) is 0 Å². The lowest BCUT2D eigenvalue weighted by molar-refractivity contribution is -0.135. The third kappa shape index (κ3) is 6.31. The second-order valence-electron chi connectivity index (χ2n) is 9.29. The van der Waals surface area contributed by atoms with Crippen molar-refractivity contribution < 1.29 is 14.3 Å². The van der Waals surface area contributed by atoms with Gasteiger partial charge in [0.25, 0.3) is 0 Å². The Balaban J connectivity index is 1.11. The number of hydrogen-bond acceptors (Lipinski definition) is 5. The SMILES string of the molecule is CC(C(=O)Oc1ccccc1)c1ccc(N2CCN(c3ccc(OCc4ccccc4)cc3)CC2)cc1. The Hall–Kier alpha value is -4.25. The van der Waals surface area contributed by atoms with Gasteiger partial charge in [0.2, 0.25) is 0 Å². The number of para-hydroxylation sites is 1. The quantitative estimate of drug-likeness (QED) is 0.213. The summed E-state index contributed by atoms with van der Waals surface area (Å²) < 4.78 is 11.4. The molecule has 0 N–H and O–H groups in total. The summed E-state index contributed by atoms with van der Waals surface area (Å²) in [7, 11) is 0. The number of benzene rings is 4. The number of rotatable bonds is 8. The van der Waals surface area contributed by atoms with Gasteiger partial charge >= 0.3 is 5.97 Å². The van der Waals surface area contributed by atoms with Crippen LogP contribution in [0, 0.1) is 0 Å². The predicted molar refractivity (Wildman–Crippen MR) is 149 cm³/mol. The van der Waals surface area contributed by atoms with Gasteiger partial charge in [0.05, 0.1) is 5.92 Å². The van der Waals surface area contributed by atoms with Gasteiger partial charge in [0.15, 0.2) is 0 Å². The molecule has 1 saturated heterocycles. The molecule has 4 aromatic carbocycles. The largest absolute Gasteiger partial charge is 0.489 e. The van der Waals surface area contributed by atoms with E-state index in [9.17, 15) is 4.79 Å². The van der Waals surface area contributed by atoms with Gasteiger partial charge < -0.3 is 19.3 Å². The average molecular weight is 493 g/mol. The van der Waals surface area contributed by atoms with E-state index in [0.29, 0.717) is 12.4 Å². The topological polar surface area (TPSA) is 42.0 Å². The van der Waals surface area contributed by atoms with Crippen LogP contribution in [0.4, 0.5) is 11.4 Å². The molecule has 1 aliphatic rings. The van der Waals surface area contributed by atoms with E-state index in [1.807, 2.05) is 67.6 Å². The van der Waals surface area contributed by atoms with Crippen molar-refractivity contribution in [3.05, 3.63) is 120 Å². The maximum atomic E-state index is 12.5. The maximum absolute atomic E-state index is 12.5. The van der Waals surface area contributed by atoms with Crippen molar-refractivity contribution in [1.82, 2.24) is 0 Å². The van der Waals surface area contributed by atoms with Crippen molar-refractivity contribution in [1.29, 1.82) is 0 Å². The van der Waals surface area contributed by atoms with E-state index in [1.165, 1.54) is 11.4 Å². The predicted octanol–water partition coefficient (Wildman–Crippen LogP) is 6.30. The van der Waals surface area contributed by atoms with Crippen molar-refractivity contribution in [2.45, 2.75) is 19.4 Å². The molecule has 0 bridgehead atoms. The Bertz CT molecular complexity index is 1270. The fraction of sp³-hybridized carbons (Fsp3) is 0.219. The number of carbonyl (C=O) groups is 1. The van der Waals surface area contributed by atoms with Crippen LogP contribution in [0.1, 0.15) is 24.0 Å². The summed E-state index contributed by atoms with van der Waals surface area (Å²) in [5.74, 6) is 0.881. The number of carbonyl (C=O) groups excluding carboxylic acids is 1. The van der Waals surface area contributed by atoms with E-state index in [1.54, 1.807) is 12.1 Å². The third-order valence-electron chi connectivity index (χ3n) is 6.80. The molecule has 0 aliphatic carbocycles. The highest BCUT2D eigenvalue weighted by Gasteiger charge is 2.20. The molecular formula is C32H32N2O3. The second kappa shape index (κ2) is 11.7. The highest BCUT2D eigenvalue weighted by atomic mass is 16.5. The molecule has 1 atom stereocenters. The molecule has 1 unspecified atom stereocenters. The minimum Gasteiger partial charge on any atom is -0.489 e. The first-order valence-corrected chi connectivity index (χ1v) is 12.8. The summed E-state index contributed by atoms with van der Waals surface area (Å²) in [6.45, 7) is 6.24. The Morgan fingerprint density at radius 3 is 1.76 bits per heavy atom. The molecule has 0 aromatic heterocycles. The number of esters is 1. The molecule has 0 amide bonds. The minimum atomic E-state index is -0.328. The summed E-state index contributed by atoms with van der Waals surface area (Å²) in [5.41, 5.74) is 4.51. The van der Waals surface area contributed by atoms with Crippen LogP contribution >= 0.6 is 0 Å². The monoisotopic (exact) mass is 492 g/mol. The molecule has 4 aromatic rings. The van der Waals surface area contributed by atoms with Gasteiger partial charge in [0.1, 0.15) is 18.1 Å². The first-order chi connectivity index (χ1) is 18.2. The number of anilines is 2. The molecule has 1 aliphatic heterocycles. The summed E-state index contributed by atoms with van der Waals surface area (Å²) >= 11 is 0. The van der Waals surface area contributed by atoms with Gasteiger partial charge in [-0.3, -0.25) is 4.79 Å². The maximum Gasteiger partial charge on any atom is 0.318 e. The Morgan fingerprint density at radius 2 is 1.19 bits per heavy atom. The second-order valence-corrected chi connectivity index (χ2v) is 9.29. The smallest absolute Gasteiger partial charge is 0.318 e. The van der Waals surface area contributed by atoms with Crippen molar-refractivity contribution >= 4 is 17.3 Å². The lowest BCUT2D eigenvalue weighted by atomic mass is 10.0.